The minimum atomic E-state index is -1.45. The standard InChI is InChI=1S/C27H32N2O9/c1-14(2)25(32)38-23-16(4)37-27(34)20(29-24(31)21-22(30)19(35-5)11-12-28-21)15(3)36-26(33)18(23)13-17-9-7-6-8-10-17/h6-12,14-16,18,20,23,30H,13H2,1-5H3,(H,29,31)/t15-,16+,18-,20+,23+/m1/s1. The Morgan fingerprint density at radius 1 is 1.05 bits per heavy atom. The molecule has 11 nitrogen and oxygen atoms in total. The maximum absolute atomic E-state index is 13.4. The number of nitrogens with one attached hydrogen (secondary N) is 1. The van der Waals surface area contributed by atoms with Gasteiger partial charge in [-0.15, -0.1) is 0 Å². The molecular formula is C27H32N2O9. The Morgan fingerprint density at radius 2 is 1.71 bits per heavy atom. The highest BCUT2D eigenvalue weighted by atomic mass is 16.6. The number of methoxy groups -OCH3 is 1. The van der Waals surface area contributed by atoms with Crippen LogP contribution < -0.4 is 10.1 Å². The number of pyridine rings is 1. The number of ether oxygens (including phenoxy) is 4. The lowest BCUT2D eigenvalue weighted by molar-refractivity contribution is -0.176. The number of aromatic hydroxyl groups is 1. The quantitative estimate of drug-likeness (QED) is 0.404. The molecule has 0 radical (unpaired) electrons. The molecule has 5 atom stereocenters. The van der Waals surface area contributed by atoms with Gasteiger partial charge in [0.2, 0.25) is 0 Å². The fourth-order valence-corrected chi connectivity index (χ4v) is 3.98. The van der Waals surface area contributed by atoms with Crippen LogP contribution in [0.4, 0.5) is 0 Å². The fourth-order valence-electron chi connectivity index (χ4n) is 3.98. The largest absolute Gasteiger partial charge is 0.503 e. The third-order valence-electron chi connectivity index (χ3n) is 6.12. The maximum Gasteiger partial charge on any atom is 0.332 e. The van der Waals surface area contributed by atoms with Crippen molar-refractivity contribution < 1.29 is 43.2 Å². The van der Waals surface area contributed by atoms with Crippen LogP contribution in [0.3, 0.4) is 0 Å². The normalized spacial score (nSPS) is 23.8. The van der Waals surface area contributed by atoms with Gasteiger partial charge in [0, 0.05) is 12.3 Å². The molecule has 0 saturated carbocycles. The molecule has 2 heterocycles. The van der Waals surface area contributed by atoms with Crippen LogP contribution in [-0.2, 0) is 35.0 Å². The van der Waals surface area contributed by atoms with Gasteiger partial charge in [-0.3, -0.25) is 14.4 Å². The Morgan fingerprint density at radius 3 is 2.34 bits per heavy atom. The second kappa shape index (κ2) is 12.4. The number of hydrogen-bond acceptors (Lipinski definition) is 10. The molecule has 204 valence electrons. The van der Waals surface area contributed by atoms with Crippen LogP contribution in [0.5, 0.6) is 11.5 Å². The number of aromatic nitrogens is 1. The molecule has 0 bridgehead atoms. The first-order valence-electron chi connectivity index (χ1n) is 12.2. The van der Waals surface area contributed by atoms with E-state index in [1.165, 1.54) is 33.2 Å². The molecule has 1 aromatic carbocycles. The molecule has 2 aromatic rings. The summed E-state index contributed by atoms with van der Waals surface area (Å²) in [6.45, 7) is 6.22. The van der Waals surface area contributed by atoms with Gasteiger partial charge in [0.1, 0.15) is 18.1 Å². The van der Waals surface area contributed by atoms with Gasteiger partial charge in [-0.1, -0.05) is 44.2 Å². The van der Waals surface area contributed by atoms with E-state index in [1.807, 2.05) is 30.3 Å². The zero-order chi connectivity index (χ0) is 28.0. The van der Waals surface area contributed by atoms with Gasteiger partial charge < -0.3 is 29.4 Å². The topological polar surface area (TPSA) is 150 Å². The predicted octanol–water partition coefficient (Wildman–Crippen LogP) is 2.20. The van der Waals surface area contributed by atoms with Crippen molar-refractivity contribution in [2.75, 3.05) is 7.11 Å². The van der Waals surface area contributed by atoms with Crippen molar-refractivity contribution in [2.45, 2.75) is 58.5 Å². The third-order valence-corrected chi connectivity index (χ3v) is 6.12. The molecule has 1 aliphatic heterocycles. The average Bonchev–Trinajstić information content (AvgIpc) is 2.91. The van der Waals surface area contributed by atoms with Gasteiger partial charge in [0.15, 0.2) is 29.3 Å². The Bertz CT molecular complexity index is 1170. The summed E-state index contributed by atoms with van der Waals surface area (Å²) in [5.74, 6) is -5.13. The summed E-state index contributed by atoms with van der Waals surface area (Å²) in [5.41, 5.74) is 0.393. The van der Waals surface area contributed by atoms with Crippen LogP contribution >= 0.6 is 0 Å². The Labute approximate surface area is 220 Å². The summed E-state index contributed by atoms with van der Waals surface area (Å²) < 4.78 is 21.9. The van der Waals surface area contributed by atoms with E-state index >= 15 is 0 Å². The summed E-state index contributed by atoms with van der Waals surface area (Å²) in [4.78, 5) is 55.9. The van der Waals surface area contributed by atoms with Crippen molar-refractivity contribution in [1.29, 1.82) is 0 Å². The number of rotatable bonds is 7. The van der Waals surface area contributed by atoms with Crippen LogP contribution in [0.1, 0.15) is 43.7 Å². The van der Waals surface area contributed by atoms with E-state index in [9.17, 15) is 24.3 Å². The molecule has 1 saturated heterocycles. The molecule has 0 aliphatic carbocycles. The molecule has 1 fully saturated rings. The SMILES string of the molecule is COc1ccnc(C(=O)N[C@@H]2C(=O)O[C@@H](C)[C@H](OC(=O)C(C)C)[C@@H](Cc3ccccc3)C(=O)O[C@@H]2C)c1O. The van der Waals surface area contributed by atoms with Crippen molar-refractivity contribution in [3.63, 3.8) is 0 Å². The van der Waals surface area contributed by atoms with Gasteiger partial charge in [-0.05, 0) is 25.8 Å². The number of carbonyl (C=O) groups excluding carboxylic acids is 4. The second-order valence-electron chi connectivity index (χ2n) is 9.30. The summed E-state index contributed by atoms with van der Waals surface area (Å²) in [6.07, 6.45) is -1.96. The van der Waals surface area contributed by atoms with Gasteiger partial charge in [-0.25, -0.2) is 9.78 Å². The van der Waals surface area contributed by atoms with Crippen LogP contribution in [0.25, 0.3) is 0 Å². The molecule has 0 unspecified atom stereocenters. The lowest BCUT2D eigenvalue weighted by Gasteiger charge is -2.29. The summed E-state index contributed by atoms with van der Waals surface area (Å²) >= 11 is 0. The van der Waals surface area contributed by atoms with Crippen LogP contribution in [0.2, 0.25) is 0 Å². The van der Waals surface area contributed by atoms with Gasteiger partial charge >= 0.3 is 17.9 Å². The lowest BCUT2D eigenvalue weighted by Crippen LogP contribution is -2.50. The van der Waals surface area contributed by atoms with Crippen molar-refractivity contribution in [2.24, 2.45) is 11.8 Å². The molecule has 3 rings (SSSR count). The smallest absolute Gasteiger partial charge is 0.332 e. The minimum absolute atomic E-state index is 0.00820. The first kappa shape index (κ1) is 28.4. The van der Waals surface area contributed by atoms with E-state index in [0.717, 1.165) is 5.56 Å². The first-order valence-corrected chi connectivity index (χ1v) is 12.2. The molecule has 11 heteroatoms. The van der Waals surface area contributed by atoms with Crippen molar-refractivity contribution in [3.05, 3.63) is 53.9 Å². The highest BCUT2D eigenvalue weighted by Crippen LogP contribution is 2.29. The van der Waals surface area contributed by atoms with Crippen molar-refractivity contribution >= 4 is 23.8 Å². The number of amides is 1. The lowest BCUT2D eigenvalue weighted by atomic mass is 9.91. The summed E-state index contributed by atoms with van der Waals surface area (Å²) in [5, 5.41) is 12.7. The number of cyclic esters (lactones) is 2. The van der Waals surface area contributed by atoms with E-state index < -0.39 is 71.4 Å². The molecule has 1 aliphatic rings. The van der Waals surface area contributed by atoms with E-state index in [-0.39, 0.29) is 12.2 Å². The molecule has 2 N–H and O–H groups in total. The minimum Gasteiger partial charge on any atom is -0.503 e. The Balaban J connectivity index is 1.93. The van der Waals surface area contributed by atoms with Gasteiger partial charge in [0.05, 0.1) is 13.0 Å². The number of carbonyl (C=O) groups is 4. The van der Waals surface area contributed by atoms with E-state index in [0.29, 0.717) is 0 Å². The first-order chi connectivity index (χ1) is 18.0. The number of nitrogens with zero attached hydrogens (tertiary/aromatic N) is 1. The van der Waals surface area contributed by atoms with Crippen molar-refractivity contribution in [1.82, 2.24) is 10.3 Å². The molecule has 1 aromatic heterocycles. The van der Waals surface area contributed by atoms with E-state index in [2.05, 4.69) is 10.3 Å². The molecule has 38 heavy (non-hydrogen) atoms. The van der Waals surface area contributed by atoms with Crippen LogP contribution in [-0.4, -0.2) is 65.4 Å². The summed E-state index contributed by atoms with van der Waals surface area (Å²) in [7, 11) is 1.31. The third kappa shape index (κ3) is 6.58. The second-order valence-corrected chi connectivity index (χ2v) is 9.30. The highest BCUT2D eigenvalue weighted by Gasteiger charge is 2.44. The maximum atomic E-state index is 13.4. The molecular weight excluding hydrogens is 496 g/mol. The Kier molecular flexibility index (Phi) is 9.27. The average molecular weight is 529 g/mol. The fraction of sp³-hybridized carbons (Fsp3) is 0.444. The number of hydrogen-bond donors (Lipinski definition) is 2. The molecule has 1 amide bonds. The zero-order valence-electron chi connectivity index (χ0n) is 21.9. The van der Waals surface area contributed by atoms with E-state index in [1.54, 1.807) is 13.8 Å². The van der Waals surface area contributed by atoms with Crippen molar-refractivity contribution in [3.8, 4) is 11.5 Å². The van der Waals surface area contributed by atoms with Crippen LogP contribution in [0, 0.1) is 11.8 Å². The van der Waals surface area contributed by atoms with Gasteiger partial charge in [-0.2, -0.15) is 0 Å². The summed E-state index contributed by atoms with van der Waals surface area (Å²) in [6, 6.07) is 9.00. The number of esters is 3. The molecule has 0 spiro atoms. The monoisotopic (exact) mass is 528 g/mol. The predicted molar refractivity (Wildman–Crippen MR) is 133 cm³/mol. The highest BCUT2D eigenvalue weighted by molar-refractivity contribution is 5.98. The van der Waals surface area contributed by atoms with E-state index in [4.69, 9.17) is 18.9 Å². The van der Waals surface area contributed by atoms with Gasteiger partial charge in [0.25, 0.3) is 5.91 Å². The Hall–Kier alpha value is -4.15. The zero-order valence-corrected chi connectivity index (χ0v) is 21.9. The number of benzene rings is 1. The van der Waals surface area contributed by atoms with Crippen LogP contribution in [0.15, 0.2) is 42.6 Å².